The van der Waals surface area contributed by atoms with E-state index >= 15 is 0 Å². The molecule has 1 heterocycles. The second-order valence-corrected chi connectivity index (χ2v) is 7.35. The van der Waals surface area contributed by atoms with Crippen LogP contribution < -0.4 is 19.9 Å². The first-order valence-electron chi connectivity index (χ1n) is 9.60. The molecule has 0 radical (unpaired) electrons. The summed E-state index contributed by atoms with van der Waals surface area (Å²) in [6, 6.07) is 14.2. The fraction of sp³-hybridized carbons (Fsp3) is 0.409. The number of aryl methyl sites for hydroxylation is 2. The van der Waals surface area contributed by atoms with Gasteiger partial charge in [-0.2, -0.15) is 0 Å². The molecule has 2 aromatic carbocycles. The van der Waals surface area contributed by atoms with Gasteiger partial charge >= 0.3 is 0 Å². The second-order valence-electron chi connectivity index (χ2n) is 7.35. The van der Waals surface area contributed by atoms with E-state index in [1.54, 1.807) is 7.11 Å². The summed E-state index contributed by atoms with van der Waals surface area (Å²) in [6.45, 7) is 9.80. The van der Waals surface area contributed by atoms with E-state index in [0.717, 1.165) is 48.9 Å². The first kappa shape index (κ1) is 19.2. The molecule has 0 spiro atoms. The summed E-state index contributed by atoms with van der Waals surface area (Å²) in [5, 5.41) is 3.10. The molecule has 3 rings (SSSR count). The normalized spacial score (nSPS) is 16.1. The third-order valence-electron chi connectivity index (χ3n) is 5.48. The highest BCUT2D eigenvalue weighted by atomic mass is 16.5. The molecule has 0 bridgehead atoms. The van der Waals surface area contributed by atoms with Gasteiger partial charge in [0.15, 0.2) is 6.04 Å². The molecule has 5 heteroatoms. The van der Waals surface area contributed by atoms with Gasteiger partial charge < -0.3 is 19.9 Å². The van der Waals surface area contributed by atoms with Gasteiger partial charge in [0, 0.05) is 5.69 Å². The number of anilines is 2. The highest BCUT2D eigenvalue weighted by molar-refractivity contribution is 5.94. The van der Waals surface area contributed by atoms with Gasteiger partial charge in [-0.1, -0.05) is 29.8 Å². The molecule has 144 valence electrons. The number of ether oxygens (including phenoxy) is 1. The molecule has 2 N–H and O–H groups in total. The fourth-order valence-corrected chi connectivity index (χ4v) is 3.74. The molecule has 1 atom stereocenters. The minimum Gasteiger partial charge on any atom is -0.495 e. The maximum absolute atomic E-state index is 12.7. The van der Waals surface area contributed by atoms with Crippen LogP contribution in [0.5, 0.6) is 5.75 Å². The van der Waals surface area contributed by atoms with E-state index in [1.165, 1.54) is 10.5 Å². The number of quaternary nitrogens is 1. The number of carbonyl (C=O) groups excluding carboxylic acids is 1. The highest BCUT2D eigenvalue weighted by Gasteiger charge is 2.30. The number of nitrogens with one attached hydrogen (secondary N) is 2. The molecule has 0 saturated carbocycles. The van der Waals surface area contributed by atoms with Crippen LogP contribution in [0.15, 0.2) is 42.5 Å². The van der Waals surface area contributed by atoms with Gasteiger partial charge in [0.2, 0.25) is 0 Å². The van der Waals surface area contributed by atoms with Crippen molar-refractivity contribution in [2.24, 2.45) is 0 Å². The number of piperazine rings is 1. The van der Waals surface area contributed by atoms with Crippen molar-refractivity contribution in [3.8, 4) is 5.75 Å². The van der Waals surface area contributed by atoms with Gasteiger partial charge in [0.1, 0.15) is 5.75 Å². The lowest BCUT2D eigenvalue weighted by atomic mass is 10.1. The Morgan fingerprint density at radius 2 is 1.85 bits per heavy atom. The third kappa shape index (κ3) is 4.42. The predicted molar refractivity (Wildman–Crippen MR) is 110 cm³/mol. The number of nitrogens with zero attached hydrogens (tertiary/aromatic N) is 1. The topological polar surface area (TPSA) is 46.0 Å². The van der Waals surface area contributed by atoms with Crippen molar-refractivity contribution >= 4 is 17.3 Å². The molecule has 0 aromatic heterocycles. The Kier molecular flexibility index (Phi) is 6.01. The average molecular weight is 369 g/mol. The molecule has 1 aliphatic rings. The van der Waals surface area contributed by atoms with Crippen molar-refractivity contribution in [1.82, 2.24) is 0 Å². The first-order chi connectivity index (χ1) is 13.0. The van der Waals surface area contributed by atoms with E-state index in [4.69, 9.17) is 4.74 Å². The van der Waals surface area contributed by atoms with Gasteiger partial charge in [0.05, 0.1) is 39.0 Å². The molecule has 1 fully saturated rings. The molecular formula is C22H30N3O2+. The van der Waals surface area contributed by atoms with Crippen molar-refractivity contribution in [3.63, 3.8) is 0 Å². The van der Waals surface area contributed by atoms with E-state index in [9.17, 15) is 4.79 Å². The zero-order valence-corrected chi connectivity index (χ0v) is 16.7. The Morgan fingerprint density at radius 3 is 2.52 bits per heavy atom. The van der Waals surface area contributed by atoms with Crippen molar-refractivity contribution in [2.45, 2.75) is 26.8 Å². The Labute approximate surface area is 161 Å². The summed E-state index contributed by atoms with van der Waals surface area (Å²) in [7, 11) is 1.71. The van der Waals surface area contributed by atoms with Crippen LogP contribution in [-0.4, -0.2) is 45.2 Å². The summed E-state index contributed by atoms with van der Waals surface area (Å²) >= 11 is 0. The average Bonchev–Trinajstić information content (AvgIpc) is 2.69. The molecule has 2 aromatic rings. The lowest BCUT2D eigenvalue weighted by Gasteiger charge is -2.36. The smallest absolute Gasteiger partial charge is 0.282 e. The Bertz CT molecular complexity index is 798. The van der Waals surface area contributed by atoms with Crippen LogP contribution in [0.4, 0.5) is 11.4 Å². The predicted octanol–water partition coefficient (Wildman–Crippen LogP) is 2.04. The van der Waals surface area contributed by atoms with Crippen molar-refractivity contribution in [3.05, 3.63) is 53.6 Å². The Morgan fingerprint density at radius 1 is 1.15 bits per heavy atom. The van der Waals surface area contributed by atoms with E-state index in [2.05, 4.69) is 29.3 Å². The maximum atomic E-state index is 12.7. The zero-order chi connectivity index (χ0) is 19.4. The van der Waals surface area contributed by atoms with Crippen LogP contribution >= 0.6 is 0 Å². The largest absolute Gasteiger partial charge is 0.495 e. The molecule has 27 heavy (non-hydrogen) atoms. The van der Waals surface area contributed by atoms with Crippen LogP contribution in [0.1, 0.15) is 18.1 Å². The number of hydrogen-bond acceptors (Lipinski definition) is 3. The van der Waals surface area contributed by atoms with E-state index in [0.29, 0.717) is 0 Å². The van der Waals surface area contributed by atoms with Gasteiger partial charge in [-0.25, -0.2) is 0 Å². The standard InChI is InChI=1S/C22H29N3O2/c1-16-9-10-19(17(2)15-16)23-22(26)18(3)24-11-13-25(14-12-24)20-7-5-6-8-21(20)27-4/h5-10,15,18H,11-14H2,1-4H3,(H,23,26)/p+1/t18-/m1/s1. The van der Waals surface area contributed by atoms with E-state index < -0.39 is 0 Å². The summed E-state index contributed by atoms with van der Waals surface area (Å²) in [5.74, 6) is 0.990. The Balaban J connectivity index is 1.59. The van der Waals surface area contributed by atoms with Crippen molar-refractivity contribution < 1.29 is 14.4 Å². The number of amides is 1. The zero-order valence-electron chi connectivity index (χ0n) is 16.7. The number of methoxy groups -OCH3 is 1. The first-order valence-corrected chi connectivity index (χ1v) is 9.60. The molecule has 0 unspecified atom stereocenters. The van der Waals surface area contributed by atoms with Crippen LogP contribution in [0.2, 0.25) is 0 Å². The summed E-state index contributed by atoms with van der Waals surface area (Å²) in [6.07, 6.45) is 0. The minimum atomic E-state index is -0.0782. The molecule has 1 amide bonds. The van der Waals surface area contributed by atoms with Gasteiger partial charge in [-0.15, -0.1) is 0 Å². The van der Waals surface area contributed by atoms with Crippen molar-refractivity contribution in [2.75, 3.05) is 43.5 Å². The number of rotatable bonds is 5. The van der Waals surface area contributed by atoms with Crippen LogP contribution in [0, 0.1) is 13.8 Å². The number of para-hydroxylation sites is 2. The van der Waals surface area contributed by atoms with Crippen molar-refractivity contribution in [1.29, 1.82) is 0 Å². The Hall–Kier alpha value is -2.53. The molecule has 5 nitrogen and oxygen atoms in total. The summed E-state index contributed by atoms with van der Waals surface area (Å²) in [4.78, 5) is 16.4. The minimum absolute atomic E-state index is 0.0782. The quantitative estimate of drug-likeness (QED) is 0.849. The maximum Gasteiger partial charge on any atom is 0.282 e. The fourth-order valence-electron chi connectivity index (χ4n) is 3.74. The molecule has 1 saturated heterocycles. The molecule has 1 aliphatic heterocycles. The number of carbonyl (C=O) groups is 1. The van der Waals surface area contributed by atoms with Crippen LogP contribution in [0.3, 0.4) is 0 Å². The lowest BCUT2D eigenvalue weighted by Crippen LogP contribution is -3.19. The number of hydrogen-bond donors (Lipinski definition) is 2. The number of benzene rings is 2. The van der Waals surface area contributed by atoms with E-state index in [-0.39, 0.29) is 11.9 Å². The lowest BCUT2D eigenvalue weighted by molar-refractivity contribution is -0.914. The van der Waals surface area contributed by atoms with Crippen LogP contribution in [-0.2, 0) is 4.79 Å². The highest BCUT2D eigenvalue weighted by Crippen LogP contribution is 2.27. The summed E-state index contributed by atoms with van der Waals surface area (Å²) in [5.41, 5.74) is 4.35. The molecular weight excluding hydrogens is 338 g/mol. The third-order valence-corrected chi connectivity index (χ3v) is 5.48. The van der Waals surface area contributed by atoms with Gasteiger partial charge in [0.25, 0.3) is 5.91 Å². The SMILES string of the molecule is COc1ccccc1N1CC[NH+]([C@H](C)C(=O)Nc2ccc(C)cc2C)CC1. The van der Waals surface area contributed by atoms with Gasteiger partial charge in [-0.3, -0.25) is 4.79 Å². The van der Waals surface area contributed by atoms with Crippen LogP contribution in [0.25, 0.3) is 0 Å². The van der Waals surface area contributed by atoms with E-state index in [1.807, 2.05) is 44.2 Å². The summed E-state index contributed by atoms with van der Waals surface area (Å²) < 4.78 is 5.48. The molecule has 0 aliphatic carbocycles. The van der Waals surface area contributed by atoms with Gasteiger partial charge in [-0.05, 0) is 44.5 Å². The second kappa shape index (κ2) is 8.44. The monoisotopic (exact) mass is 368 g/mol.